The summed E-state index contributed by atoms with van der Waals surface area (Å²) in [4.78, 5) is 43.5. The van der Waals surface area contributed by atoms with E-state index in [-0.39, 0.29) is 4.47 Å². The third-order valence-electron chi connectivity index (χ3n) is 2.29. The van der Waals surface area contributed by atoms with Gasteiger partial charge >= 0.3 is 17.2 Å². The van der Waals surface area contributed by atoms with Crippen LogP contribution in [0.4, 0.5) is 5.69 Å². The molecule has 0 radical (unpaired) electrons. The predicted octanol–water partition coefficient (Wildman–Crippen LogP) is 0.108. The Morgan fingerprint density at radius 1 is 1.60 bits per heavy atom. The molecule has 0 saturated carbocycles. The molecule has 0 bridgehead atoms. The van der Waals surface area contributed by atoms with E-state index in [4.69, 9.17) is 5.11 Å². The van der Waals surface area contributed by atoms with Gasteiger partial charge in [-0.2, -0.15) is 0 Å². The molecule has 1 heterocycles. The highest BCUT2D eigenvalue weighted by molar-refractivity contribution is 9.10. The summed E-state index contributed by atoms with van der Waals surface area (Å²) in [5.41, 5.74) is -1.64. The van der Waals surface area contributed by atoms with Crippen LogP contribution in [0.25, 0.3) is 0 Å². The zero-order valence-corrected chi connectivity index (χ0v) is 11.8. The molecule has 0 spiro atoms. The van der Waals surface area contributed by atoms with Gasteiger partial charge in [-0.1, -0.05) is 0 Å². The van der Waals surface area contributed by atoms with E-state index in [9.17, 15) is 24.5 Å². The number of nitrogens with one attached hydrogen (secondary N) is 1. The molecule has 1 aromatic rings. The van der Waals surface area contributed by atoms with Gasteiger partial charge in [0.1, 0.15) is 6.04 Å². The first kappa shape index (κ1) is 15.8. The monoisotopic (exact) mass is 347 g/mol. The van der Waals surface area contributed by atoms with Crippen LogP contribution >= 0.6 is 15.9 Å². The van der Waals surface area contributed by atoms with Gasteiger partial charge in [0.05, 0.1) is 11.5 Å². The van der Waals surface area contributed by atoms with Gasteiger partial charge < -0.3 is 15.0 Å². The average Bonchev–Trinajstić information content (AvgIpc) is 2.31. The molecule has 0 aromatic carbocycles. The molecule has 0 saturated heterocycles. The summed E-state index contributed by atoms with van der Waals surface area (Å²) in [5, 5.41) is 21.8. The van der Waals surface area contributed by atoms with Gasteiger partial charge in [0, 0.05) is 23.7 Å². The van der Waals surface area contributed by atoms with Gasteiger partial charge in [-0.25, -0.2) is 4.79 Å². The maximum absolute atomic E-state index is 11.8. The van der Waals surface area contributed by atoms with Crippen molar-refractivity contribution in [2.24, 2.45) is 0 Å². The minimum absolute atomic E-state index is 0.246. The predicted molar refractivity (Wildman–Crippen MR) is 70.3 cm³/mol. The zero-order chi connectivity index (χ0) is 15.4. The zero-order valence-electron chi connectivity index (χ0n) is 10.2. The van der Waals surface area contributed by atoms with Crippen LogP contribution < -0.4 is 10.9 Å². The second-order valence-corrected chi connectivity index (χ2v) is 4.77. The lowest BCUT2D eigenvalue weighted by Crippen LogP contribution is -2.44. The van der Waals surface area contributed by atoms with E-state index in [2.05, 4.69) is 21.2 Å². The van der Waals surface area contributed by atoms with Gasteiger partial charge in [-0.05, 0) is 15.9 Å². The molecular weight excluding hydrogens is 338 g/mol. The van der Waals surface area contributed by atoms with Crippen molar-refractivity contribution in [1.82, 2.24) is 9.88 Å². The lowest BCUT2D eigenvalue weighted by molar-refractivity contribution is -0.386. The minimum atomic E-state index is -1.36. The SMILES string of the molecule is CC(=O)NC(Cn1cc(Br)cc([N+](=O)[O-])c1=O)C(=O)O. The number of pyridine rings is 1. The van der Waals surface area contributed by atoms with Crippen molar-refractivity contribution in [3.8, 4) is 0 Å². The van der Waals surface area contributed by atoms with Crippen LogP contribution in [-0.4, -0.2) is 32.5 Å². The van der Waals surface area contributed by atoms with Gasteiger partial charge in [-0.3, -0.25) is 19.7 Å². The summed E-state index contributed by atoms with van der Waals surface area (Å²) >= 11 is 2.99. The van der Waals surface area contributed by atoms with Crippen LogP contribution in [0.3, 0.4) is 0 Å². The summed E-state index contributed by atoms with van der Waals surface area (Å²) in [6, 6.07) is -0.341. The van der Waals surface area contributed by atoms with E-state index in [1.807, 2.05) is 0 Å². The first-order valence-electron chi connectivity index (χ1n) is 5.26. The highest BCUT2D eigenvalue weighted by Gasteiger charge is 2.22. The Morgan fingerprint density at radius 2 is 2.20 bits per heavy atom. The Labute approximate surface area is 120 Å². The number of carbonyl (C=O) groups is 2. The van der Waals surface area contributed by atoms with E-state index >= 15 is 0 Å². The highest BCUT2D eigenvalue weighted by Crippen LogP contribution is 2.14. The fraction of sp³-hybridized carbons (Fsp3) is 0.300. The molecule has 2 N–H and O–H groups in total. The number of carbonyl (C=O) groups excluding carboxylic acids is 1. The summed E-state index contributed by atoms with van der Waals surface area (Å²) in [6.07, 6.45) is 1.22. The molecule has 0 aliphatic carbocycles. The van der Waals surface area contributed by atoms with Crippen LogP contribution in [0.15, 0.2) is 21.5 Å². The third kappa shape index (κ3) is 3.88. The number of carboxylic acids is 1. The van der Waals surface area contributed by atoms with Crippen LogP contribution in [0.2, 0.25) is 0 Å². The van der Waals surface area contributed by atoms with E-state index in [0.717, 1.165) is 17.6 Å². The molecule has 108 valence electrons. The van der Waals surface area contributed by atoms with Gasteiger partial charge in [0.2, 0.25) is 5.91 Å². The summed E-state index contributed by atoms with van der Waals surface area (Å²) in [7, 11) is 0. The summed E-state index contributed by atoms with van der Waals surface area (Å²) in [6.45, 7) is 0.704. The van der Waals surface area contributed by atoms with E-state index in [1.54, 1.807) is 0 Å². The molecule has 1 aromatic heterocycles. The Balaban J connectivity index is 3.19. The number of rotatable bonds is 5. The average molecular weight is 348 g/mol. The van der Waals surface area contributed by atoms with Gasteiger partial charge in [0.25, 0.3) is 0 Å². The smallest absolute Gasteiger partial charge is 0.335 e. The van der Waals surface area contributed by atoms with Gasteiger partial charge in [0.15, 0.2) is 0 Å². The maximum atomic E-state index is 11.8. The van der Waals surface area contributed by atoms with Crippen molar-refractivity contribution in [3.63, 3.8) is 0 Å². The fourth-order valence-corrected chi connectivity index (χ4v) is 1.94. The van der Waals surface area contributed by atoms with Crippen LogP contribution in [-0.2, 0) is 16.1 Å². The molecule has 0 aliphatic rings. The minimum Gasteiger partial charge on any atom is -0.480 e. The first-order valence-corrected chi connectivity index (χ1v) is 6.06. The maximum Gasteiger partial charge on any atom is 0.335 e. The topological polar surface area (TPSA) is 132 Å². The molecular formula is C10H10BrN3O6. The van der Waals surface area contributed by atoms with E-state index < -0.39 is 40.6 Å². The summed E-state index contributed by atoms with van der Waals surface area (Å²) in [5.74, 6) is -1.94. The normalized spacial score (nSPS) is 11.7. The van der Waals surface area contributed by atoms with Crippen molar-refractivity contribution in [2.45, 2.75) is 19.5 Å². The number of hydrogen-bond acceptors (Lipinski definition) is 5. The molecule has 0 fully saturated rings. The van der Waals surface area contributed by atoms with Crippen molar-refractivity contribution < 1.29 is 19.6 Å². The molecule has 10 heteroatoms. The lowest BCUT2D eigenvalue weighted by atomic mass is 10.2. The van der Waals surface area contributed by atoms with Crippen molar-refractivity contribution in [1.29, 1.82) is 0 Å². The number of nitro groups is 1. The number of amides is 1. The lowest BCUT2D eigenvalue weighted by Gasteiger charge is -2.14. The Kier molecular flexibility index (Phi) is 4.97. The first-order chi connectivity index (χ1) is 9.22. The quantitative estimate of drug-likeness (QED) is 0.573. The molecule has 1 amide bonds. The standard InChI is InChI=1S/C10H10BrN3O6/c1-5(15)12-7(10(17)18)4-13-3-6(11)2-8(9(13)16)14(19)20/h2-3,7H,4H2,1H3,(H,12,15)(H,17,18). The summed E-state index contributed by atoms with van der Waals surface area (Å²) < 4.78 is 1.10. The highest BCUT2D eigenvalue weighted by atomic mass is 79.9. The molecule has 20 heavy (non-hydrogen) atoms. The van der Waals surface area contributed by atoms with E-state index in [0.29, 0.717) is 0 Å². The third-order valence-corrected chi connectivity index (χ3v) is 2.72. The fourth-order valence-electron chi connectivity index (χ4n) is 1.48. The number of carboxylic acid groups (broad SMARTS) is 1. The molecule has 1 atom stereocenters. The molecule has 9 nitrogen and oxygen atoms in total. The number of aliphatic carboxylic acids is 1. The number of halogens is 1. The van der Waals surface area contributed by atoms with Crippen LogP contribution in [0, 0.1) is 10.1 Å². The van der Waals surface area contributed by atoms with Crippen molar-refractivity contribution >= 4 is 33.5 Å². The Bertz CT molecular complexity index is 626. The molecule has 1 unspecified atom stereocenters. The number of aromatic nitrogens is 1. The van der Waals surface area contributed by atoms with Crippen molar-refractivity contribution in [3.05, 3.63) is 37.2 Å². The number of nitrogens with zero attached hydrogens (tertiary/aromatic N) is 2. The second kappa shape index (κ2) is 6.28. The second-order valence-electron chi connectivity index (χ2n) is 3.85. The van der Waals surface area contributed by atoms with Crippen molar-refractivity contribution in [2.75, 3.05) is 0 Å². The Hall–Kier alpha value is -2.23. The van der Waals surface area contributed by atoms with E-state index in [1.165, 1.54) is 6.20 Å². The molecule has 1 rings (SSSR count). The molecule has 0 aliphatic heterocycles. The Morgan fingerprint density at radius 3 is 2.65 bits per heavy atom. The van der Waals surface area contributed by atoms with Crippen LogP contribution in [0.1, 0.15) is 6.92 Å². The van der Waals surface area contributed by atoms with Crippen LogP contribution in [0.5, 0.6) is 0 Å². The largest absolute Gasteiger partial charge is 0.480 e. The van der Waals surface area contributed by atoms with Gasteiger partial charge in [-0.15, -0.1) is 0 Å². The number of hydrogen-bond donors (Lipinski definition) is 2.